The molecule has 124 valence electrons. The highest BCUT2D eigenvalue weighted by Gasteiger charge is 2.12. The highest BCUT2D eigenvalue weighted by Crippen LogP contribution is 2.11. The Morgan fingerprint density at radius 1 is 1.32 bits per heavy atom. The molecule has 1 N–H and O–H groups in total. The van der Waals surface area contributed by atoms with E-state index in [1.807, 2.05) is 25.1 Å². The molecule has 0 saturated heterocycles. The first kappa shape index (κ1) is 18.9. The molecule has 0 aliphatic heterocycles. The monoisotopic (exact) mass is 346 g/mol. The summed E-state index contributed by atoms with van der Waals surface area (Å²) >= 11 is 5.93. The molecule has 22 heavy (non-hydrogen) atoms. The van der Waals surface area contributed by atoms with E-state index in [-0.39, 0.29) is 18.2 Å². The topological polar surface area (TPSA) is 66.5 Å². The van der Waals surface area contributed by atoms with Crippen LogP contribution in [0.5, 0.6) is 0 Å². The molecule has 5 nitrogen and oxygen atoms in total. The van der Waals surface area contributed by atoms with Crippen LogP contribution in [0.1, 0.15) is 25.8 Å². The van der Waals surface area contributed by atoms with Gasteiger partial charge in [0.1, 0.15) is 0 Å². The molecular weight excluding hydrogens is 324 g/mol. The van der Waals surface area contributed by atoms with Crippen LogP contribution in [-0.2, 0) is 21.2 Å². The quantitative estimate of drug-likeness (QED) is 0.744. The number of amides is 1. The van der Waals surface area contributed by atoms with Gasteiger partial charge in [0.05, 0.1) is 5.75 Å². The number of benzene rings is 1. The van der Waals surface area contributed by atoms with Crippen molar-refractivity contribution in [1.82, 2.24) is 9.62 Å². The maximum atomic E-state index is 11.6. The van der Waals surface area contributed by atoms with Gasteiger partial charge in [-0.15, -0.1) is 0 Å². The van der Waals surface area contributed by atoms with Crippen molar-refractivity contribution in [2.45, 2.75) is 26.7 Å². The molecule has 0 aromatic heterocycles. The van der Waals surface area contributed by atoms with Gasteiger partial charge < -0.3 is 4.90 Å². The minimum Gasteiger partial charge on any atom is -0.341 e. The van der Waals surface area contributed by atoms with Crippen molar-refractivity contribution >= 4 is 27.5 Å². The van der Waals surface area contributed by atoms with Crippen LogP contribution in [0.15, 0.2) is 24.3 Å². The number of hydrogen-bond donors (Lipinski definition) is 1. The molecule has 1 rings (SSSR count). The summed E-state index contributed by atoms with van der Waals surface area (Å²) in [5, 5.41) is 0.666. The van der Waals surface area contributed by atoms with Crippen LogP contribution < -0.4 is 4.72 Å². The third kappa shape index (κ3) is 7.24. The molecule has 0 radical (unpaired) electrons. The van der Waals surface area contributed by atoms with Gasteiger partial charge in [0, 0.05) is 31.6 Å². The maximum Gasteiger partial charge on any atom is 0.219 e. The molecule has 0 aliphatic rings. The van der Waals surface area contributed by atoms with Gasteiger partial charge in [-0.25, -0.2) is 13.1 Å². The number of carbonyl (C=O) groups is 1. The first-order valence-corrected chi connectivity index (χ1v) is 9.34. The van der Waals surface area contributed by atoms with Crippen LogP contribution in [0.3, 0.4) is 0 Å². The molecule has 7 heteroatoms. The van der Waals surface area contributed by atoms with Gasteiger partial charge in [-0.2, -0.15) is 0 Å². The van der Waals surface area contributed by atoms with Crippen LogP contribution in [0.4, 0.5) is 0 Å². The molecular formula is C15H23ClN2O3S. The van der Waals surface area contributed by atoms with Crippen molar-refractivity contribution in [1.29, 1.82) is 0 Å². The van der Waals surface area contributed by atoms with E-state index in [1.54, 1.807) is 11.0 Å². The summed E-state index contributed by atoms with van der Waals surface area (Å²) in [6.45, 7) is 4.42. The number of halogens is 1. The Kier molecular flexibility index (Phi) is 7.85. The van der Waals surface area contributed by atoms with E-state index in [1.165, 1.54) is 6.92 Å². The van der Waals surface area contributed by atoms with Crippen LogP contribution in [0.25, 0.3) is 0 Å². The SMILES string of the molecule is CCCS(=O)(=O)NCCN(CCc1cccc(Cl)c1)C(C)=O. The standard InChI is InChI=1S/C15H23ClN2O3S/c1-3-11-22(20,21)17-8-10-18(13(2)19)9-7-14-5-4-6-15(16)12-14/h4-6,12,17H,3,7-11H2,1-2H3. The van der Waals surface area contributed by atoms with Crippen molar-refractivity contribution in [3.05, 3.63) is 34.9 Å². The zero-order valence-corrected chi connectivity index (χ0v) is 14.6. The summed E-state index contributed by atoms with van der Waals surface area (Å²) in [4.78, 5) is 13.3. The number of rotatable bonds is 9. The Morgan fingerprint density at radius 3 is 2.64 bits per heavy atom. The van der Waals surface area contributed by atoms with Crippen molar-refractivity contribution in [2.75, 3.05) is 25.4 Å². The Labute approximate surface area is 137 Å². The number of carbonyl (C=O) groups excluding carboxylic acids is 1. The van der Waals surface area contributed by atoms with Gasteiger partial charge in [-0.1, -0.05) is 30.7 Å². The fourth-order valence-corrected chi connectivity index (χ4v) is 3.36. The third-order valence-corrected chi connectivity index (χ3v) is 5.01. The van der Waals surface area contributed by atoms with E-state index >= 15 is 0 Å². The molecule has 0 saturated carbocycles. The predicted octanol–water partition coefficient (Wildman–Crippen LogP) is 2.06. The molecule has 0 atom stereocenters. The molecule has 0 unspecified atom stereocenters. The van der Waals surface area contributed by atoms with Crippen molar-refractivity contribution in [3.8, 4) is 0 Å². The highest BCUT2D eigenvalue weighted by molar-refractivity contribution is 7.89. The normalized spacial score (nSPS) is 11.4. The van der Waals surface area contributed by atoms with E-state index in [9.17, 15) is 13.2 Å². The molecule has 0 heterocycles. The lowest BCUT2D eigenvalue weighted by Crippen LogP contribution is -2.39. The molecule has 0 spiro atoms. The van der Waals surface area contributed by atoms with Gasteiger partial charge in [0.15, 0.2) is 0 Å². The first-order chi connectivity index (χ1) is 10.3. The molecule has 0 bridgehead atoms. The number of hydrogen-bond acceptors (Lipinski definition) is 3. The lowest BCUT2D eigenvalue weighted by atomic mass is 10.1. The zero-order valence-electron chi connectivity index (χ0n) is 13.0. The number of nitrogens with one attached hydrogen (secondary N) is 1. The van der Waals surface area contributed by atoms with E-state index in [2.05, 4.69) is 4.72 Å². The lowest BCUT2D eigenvalue weighted by molar-refractivity contribution is -0.128. The van der Waals surface area contributed by atoms with Crippen LogP contribution in [0.2, 0.25) is 5.02 Å². The number of sulfonamides is 1. The van der Waals surface area contributed by atoms with Gasteiger partial charge in [0.2, 0.25) is 15.9 Å². The molecule has 0 aliphatic carbocycles. The zero-order chi connectivity index (χ0) is 16.6. The van der Waals surface area contributed by atoms with E-state index in [4.69, 9.17) is 11.6 Å². The van der Waals surface area contributed by atoms with E-state index in [0.29, 0.717) is 31.0 Å². The van der Waals surface area contributed by atoms with Crippen LogP contribution in [0, 0.1) is 0 Å². The smallest absolute Gasteiger partial charge is 0.219 e. The summed E-state index contributed by atoms with van der Waals surface area (Å²) in [5.74, 6) is 0.0342. The van der Waals surface area contributed by atoms with Gasteiger partial charge in [0.25, 0.3) is 0 Å². The summed E-state index contributed by atoms with van der Waals surface area (Å²) in [6, 6.07) is 7.49. The average Bonchev–Trinajstić information content (AvgIpc) is 2.42. The average molecular weight is 347 g/mol. The summed E-state index contributed by atoms with van der Waals surface area (Å²) in [7, 11) is -3.23. The van der Waals surface area contributed by atoms with Crippen molar-refractivity contribution in [3.63, 3.8) is 0 Å². The maximum absolute atomic E-state index is 11.6. The minimum atomic E-state index is -3.23. The second-order valence-electron chi connectivity index (χ2n) is 5.10. The highest BCUT2D eigenvalue weighted by atomic mass is 35.5. The van der Waals surface area contributed by atoms with Crippen molar-refractivity contribution in [2.24, 2.45) is 0 Å². The minimum absolute atomic E-state index is 0.0725. The summed E-state index contributed by atoms with van der Waals surface area (Å²) < 4.78 is 25.6. The largest absolute Gasteiger partial charge is 0.341 e. The first-order valence-electron chi connectivity index (χ1n) is 7.31. The Hall–Kier alpha value is -1.11. The van der Waals surface area contributed by atoms with Gasteiger partial charge in [-0.3, -0.25) is 4.79 Å². The van der Waals surface area contributed by atoms with Crippen LogP contribution >= 0.6 is 11.6 Å². The Bertz CT molecular complexity index is 590. The number of nitrogens with zero attached hydrogens (tertiary/aromatic N) is 1. The van der Waals surface area contributed by atoms with Crippen LogP contribution in [-0.4, -0.2) is 44.6 Å². The van der Waals surface area contributed by atoms with Crippen molar-refractivity contribution < 1.29 is 13.2 Å². The third-order valence-electron chi connectivity index (χ3n) is 3.18. The summed E-state index contributed by atoms with van der Waals surface area (Å²) in [5.41, 5.74) is 1.05. The van der Waals surface area contributed by atoms with Gasteiger partial charge in [-0.05, 0) is 30.5 Å². The Morgan fingerprint density at radius 2 is 2.05 bits per heavy atom. The lowest BCUT2D eigenvalue weighted by Gasteiger charge is -2.21. The molecule has 1 aromatic rings. The van der Waals surface area contributed by atoms with E-state index in [0.717, 1.165) is 5.56 Å². The summed E-state index contributed by atoms with van der Waals surface area (Å²) in [6.07, 6.45) is 1.25. The van der Waals surface area contributed by atoms with E-state index < -0.39 is 10.0 Å². The Balaban J connectivity index is 2.47. The fourth-order valence-electron chi connectivity index (χ4n) is 2.06. The molecule has 1 aromatic carbocycles. The second-order valence-corrected chi connectivity index (χ2v) is 7.46. The van der Waals surface area contributed by atoms with Gasteiger partial charge >= 0.3 is 0 Å². The molecule has 0 fully saturated rings. The predicted molar refractivity (Wildman–Crippen MR) is 89.5 cm³/mol. The molecule has 1 amide bonds. The fraction of sp³-hybridized carbons (Fsp3) is 0.533. The second kappa shape index (κ2) is 9.12.